The normalized spacial score (nSPS) is 12.4. The van der Waals surface area contributed by atoms with Crippen LogP contribution in [0.25, 0.3) is 6.08 Å². The van der Waals surface area contributed by atoms with Gasteiger partial charge in [-0.3, -0.25) is 4.79 Å². The van der Waals surface area contributed by atoms with Gasteiger partial charge in [0.05, 0.1) is 10.6 Å². The van der Waals surface area contributed by atoms with Gasteiger partial charge in [-0.25, -0.2) is 9.78 Å². The summed E-state index contributed by atoms with van der Waals surface area (Å²) in [6.07, 6.45) is 4.28. The van der Waals surface area contributed by atoms with Crippen molar-refractivity contribution in [3.8, 4) is 0 Å². The van der Waals surface area contributed by atoms with Crippen molar-refractivity contribution in [1.82, 2.24) is 10.3 Å². The van der Waals surface area contributed by atoms with Crippen LogP contribution in [0.2, 0.25) is 0 Å². The van der Waals surface area contributed by atoms with Crippen molar-refractivity contribution < 1.29 is 14.7 Å². The number of aromatic nitrogens is 1. The van der Waals surface area contributed by atoms with Crippen molar-refractivity contribution in [2.45, 2.75) is 12.8 Å². The number of hydrogen-bond acceptors (Lipinski definition) is 5. The fraction of sp³-hybridized carbons (Fsp3) is 0.214. The average molecular weight is 322 g/mol. The fourth-order valence-corrected chi connectivity index (χ4v) is 3.10. The lowest BCUT2D eigenvalue weighted by molar-refractivity contribution is -0.131. The van der Waals surface area contributed by atoms with Crippen molar-refractivity contribution in [2.75, 3.05) is 6.54 Å². The molecule has 2 aromatic heterocycles. The van der Waals surface area contributed by atoms with Crippen molar-refractivity contribution in [3.05, 3.63) is 44.5 Å². The van der Waals surface area contributed by atoms with E-state index in [0.29, 0.717) is 12.1 Å². The Bertz CT molecular complexity index is 647. The summed E-state index contributed by atoms with van der Waals surface area (Å²) in [7, 11) is 0. The van der Waals surface area contributed by atoms with E-state index in [1.807, 2.05) is 12.3 Å². The molecule has 0 aliphatic heterocycles. The summed E-state index contributed by atoms with van der Waals surface area (Å²) in [6.45, 7) is 2.52. The van der Waals surface area contributed by atoms with E-state index >= 15 is 0 Å². The molecule has 2 aromatic rings. The minimum absolute atomic E-state index is 0.162. The summed E-state index contributed by atoms with van der Waals surface area (Å²) >= 11 is 2.90. The number of carbonyl (C=O) groups is 2. The first-order valence-corrected chi connectivity index (χ1v) is 7.99. The number of thiazole rings is 1. The number of nitrogens with one attached hydrogen (secondary N) is 1. The van der Waals surface area contributed by atoms with Crippen molar-refractivity contribution in [3.63, 3.8) is 0 Å². The molecular formula is C14H14N2O3S2. The Morgan fingerprint density at radius 3 is 2.95 bits per heavy atom. The molecular weight excluding hydrogens is 308 g/mol. The van der Waals surface area contributed by atoms with Crippen LogP contribution in [0.3, 0.4) is 0 Å². The van der Waals surface area contributed by atoms with Gasteiger partial charge in [0.1, 0.15) is 0 Å². The first-order chi connectivity index (χ1) is 10.1. The molecule has 1 amide bonds. The second-order valence-corrected chi connectivity index (χ2v) is 6.26. The Kier molecular flexibility index (Phi) is 5.24. The molecule has 0 saturated carbocycles. The van der Waals surface area contributed by atoms with Crippen LogP contribution in [0.4, 0.5) is 0 Å². The van der Waals surface area contributed by atoms with Gasteiger partial charge in [0, 0.05) is 40.4 Å². The van der Waals surface area contributed by atoms with Gasteiger partial charge in [0.15, 0.2) is 0 Å². The zero-order chi connectivity index (χ0) is 15.2. The molecule has 7 heteroatoms. The Balaban J connectivity index is 1.90. The molecule has 0 spiro atoms. The number of hydrogen-bond donors (Lipinski definition) is 2. The van der Waals surface area contributed by atoms with Crippen LogP contribution in [-0.2, 0) is 4.79 Å². The van der Waals surface area contributed by atoms with Crippen LogP contribution in [-0.4, -0.2) is 28.5 Å². The number of aliphatic carboxylic acids is 1. The van der Waals surface area contributed by atoms with Gasteiger partial charge in [-0.2, -0.15) is 0 Å². The minimum atomic E-state index is -1.01. The van der Waals surface area contributed by atoms with E-state index in [9.17, 15) is 9.59 Å². The standard InChI is InChI=1S/C14H14N2O3S2/c1-9(14-15-4-5-20-14)7-16-13(19)10-6-11(21-8-10)2-3-12(17)18/h2-6,8-9H,7H2,1H3,(H,16,19)(H,17,18)/b3-2+. The molecule has 0 aromatic carbocycles. The molecule has 2 heterocycles. The molecule has 21 heavy (non-hydrogen) atoms. The lowest BCUT2D eigenvalue weighted by Crippen LogP contribution is -2.27. The van der Waals surface area contributed by atoms with E-state index in [-0.39, 0.29) is 11.8 Å². The zero-order valence-electron chi connectivity index (χ0n) is 11.3. The molecule has 1 unspecified atom stereocenters. The van der Waals surface area contributed by atoms with Gasteiger partial charge < -0.3 is 10.4 Å². The predicted molar refractivity (Wildman–Crippen MR) is 83.9 cm³/mol. The van der Waals surface area contributed by atoms with E-state index < -0.39 is 5.97 Å². The summed E-state index contributed by atoms with van der Waals surface area (Å²) in [6, 6.07) is 1.67. The van der Waals surface area contributed by atoms with Crippen LogP contribution in [0.5, 0.6) is 0 Å². The third-order valence-electron chi connectivity index (χ3n) is 2.71. The second kappa shape index (κ2) is 7.14. The number of carboxylic acid groups (broad SMARTS) is 1. The van der Waals surface area contributed by atoms with Gasteiger partial charge in [-0.1, -0.05) is 6.92 Å². The largest absolute Gasteiger partial charge is 0.478 e. The van der Waals surface area contributed by atoms with Gasteiger partial charge in [0.2, 0.25) is 0 Å². The molecule has 1 atom stereocenters. The molecule has 2 rings (SSSR count). The van der Waals surface area contributed by atoms with E-state index in [4.69, 9.17) is 5.11 Å². The maximum Gasteiger partial charge on any atom is 0.328 e. The third-order valence-corrected chi connectivity index (χ3v) is 4.62. The Labute approximate surface area is 130 Å². The molecule has 0 saturated heterocycles. The van der Waals surface area contributed by atoms with Crippen LogP contribution in [0.15, 0.2) is 29.1 Å². The van der Waals surface area contributed by atoms with Crippen molar-refractivity contribution in [1.29, 1.82) is 0 Å². The lowest BCUT2D eigenvalue weighted by Gasteiger charge is -2.09. The van der Waals surface area contributed by atoms with E-state index in [1.165, 1.54) is 17.4 Å². The van der Waals surface area contributed by atoms with Crippen molar-refractivity contribution >= 4 is 40.6 Å². The molecule has 5 nitrogen and oxygen atoms in total. The van der Waals surface area contributed by atoms with Crippen LogP contribution in [0, 0.1) is 0 Å². The molecule has 2 N–H and O–H groups in total. The summed E-state index contributed by atoms with van der Waals surface area (Å²) in [5.74, 6) is -1.00. The maximum atomic E-state index is 12.0. The van der Waals surface area contributed by atoms with Gasteiger partial charge in [-0.15, -0.1) is 22.7 Å². The first kappa shape index (κ1) is 15.4. The van der Waals surface area contributed by atoms with Gasteiger partial charge in [-0.05, 0) is 12.1 Å². The second-order valence-electron chi connectivity index (χ2n) is 4.39. The molecule has 0 aliphatic carbocycles. The average Bonchev–Trinajstić information content (AvgIpc) is 3.12. The lowest BCUT2D eigenvalue weighted by atomic mass is 10.2. The Morgan fingerprint density at radius 2 is 2.29 bits per heavy atom. The number of thiophene rings is 1. The molecule has 0 aliphatic rings. The topological polar surface area (TPSA) is 79.3 Å². The molecule has 0 fully saturated rings. The summed E-state index contributed by atoms with van der Waals surface area (Å²) in [4.78, 5) is 27.4. The number of amides is 1. The summed E-state index contributed by atoms with van der Waals surface area (Å²) in [5, 5.41) is 16.0. The highest BCUT2D eigenvalue weighted by Gasteiger charge is 2.12. The van der Waals surface area contributed by atoms with E-state index in [1.54, 1.807) is 29.0 Å². The fourth-order valence-electron chi connectivity index (χ4n) is 1.63. The predicted octanol–water partition coefficient (Wildman–Crippen LogP) is 2.84. The Hall–Kier alpha value is -1.99. The molecule has 0 radical (unpaired) electrons. The smallest absolute Gasteiger partial charge is 0.328 e. The summed E-state index contributed by atoms with van der Waals surface area (Å²) < 4.78 is 0. The van der Waals surface area contributed by atoms with Crippen LogP contribution >= 0.6 is 22.7 Å². The van der Waals surface area contributed by atoms with Gasteiger partial charge >= 0.3 is 5.97 Å². The quantitative estimate of drug-likeness (QED) is 0.802. The zero-order valence-corrected chi connectivity index (χ0v) is 12.9. The molecule has 0 bridgehead atoms. The minimum Gasteiger partial charge on any atom is -0.478 e. The molecule has 110 valence electrons. The van der Waals surface area contributed by atoms with Gasteiger partial charge in [0.25, 0.3) is 5.91 Å². The monoisotopic (exact) mass is 322 g/mol. The van der Waals surface area contributed by atoms with E-state index in [0.717, 1.165) is 16.0 Å². The van der Waals surface area contributed by atoms with E-state index in [2.05, 4.69) is 10.3 Å². The van der Waals surface area contributed by atoms with Crippen LogP contribution in [0.1, 0.15) is 33.1 Å². The first-order valence-electron chi connectivity index (χ1n) is 6.23. The highest BCUT2D eigenvalue weighted by molar-refractivity contribution is 7.11. The highest BCUT2D eigenvalue weighted by Crippen LogP contribution is 2.18. The highest BCUT2D eigenvalue weighted by atomic mass is 32.1. The SMILES string of the molecule is CC(CNC(=O)c1csc(/C=C/C(=O)O)c1)c1nccs1. The Morgan fingerprint density at radius 1 is 1.48 bits per heavy atom. The number of carbonyl (C=O) groups excluding carboxylic acids is 1. The van der Waals surface area contributed by atoms with Crippen molar-refractivity contribution in [2.24, 2.45) is 0 Å². The number of nitrogens with zero attached hydrogens (tertiary/aromatic N) is 1. The number of rotatable bonds is 6. The third kappa shape index (κ3) is 4.51. The van der Waals surface area contributed by atoms with Crippen LogP contribution < -0.4 is 5.32 Å². The summed E-state index contributed by atoms with van der Waals surface area (Å²) in [5.41, 5.74) is 0.538. The number of carboxylic acids is 1. The maximum absolute atomic E-state index is 12.0.